The lowest BCUT2D eigenvalue weighted by Gasteiger charge is -1.99. The molecule has 2 rings (SSSR count). The van der Waals surface area contributed by atoms with Gasteiger partial charge in [0.05, 0.1) is 0 Å². The van der Waals surface area contributed by atoms with Gasteiger partial charge in [0.15, 0.2) is 0 Å². The number of aryl methyl sites for hydroxylation is 2. The Hall–Kier alpha value is -0.870. The summed E-state index contributed by atoms with van der Waals surface area (Å²) in [4.78, 5) is 4.33. The third-order valence-electron chi connectivity index (χ3n) is 2.42. The molecule has 0 aliphatic carbocycles. The van der Waals surface area contributed by atoms with Gasteiger partial charge in [0, 0.05) is 22.3 Å². The van der Waals surface area contributed by atoms with Crippen LogP contribution >= 0.6 is 27.5 Å². The number of rotatable bonds is 4. The second-order valence-electron chi connectivity index (χ2n) is 3.77. The molecule has 0 fully saturated rings. The first kappa shape index (κ1) is 12.6. The van der Waals surface area contributed by atoms with Crippen LogP contribution in [0.2, 0.25) is 0 Å². The van der Waals surface area contributed by atoms with Crippen LogP contribution in [0.5, 0.6) is 0 Å². The Balaban J connectivity index is 2.21. The number of nitrogens with zero attached hydrogens (tertiary/aromatic N) is 2. The standard InChI is InChI=1S/C12H12BrClN2O/c1-8-4-5-9(7-10(8)13)12-15-11(17-16-12)3-2-6-14/h4-5,7H,2-3,6H2,1H3. The van der Waals surface area contributed by atoms with E-state index < -0.39 is 0 Å². The lowest BCUT2D eigenvalue weighted by molar-refractivity contribution is 0.378. The van der Waals surface area contributed by atoms with Gasteiger partial charge in [0.25, 0.3) is 0 Å². The van der Waals surface area contributed by atoms with E-state index in [1.165, 1.54) is 5.56 Å². The Bertz CT molecular complexity index is 513. The number of hydrogen-bond donors (Lipinski definition) is 0. The Kier molecular flexibility index (Phi) is 4.18. The van der Waals surface area contributed by atoms with Crippen LogP contribution in [0.15, 0.2) is 27.2 Å². The molecule has 1 aromatic heterocycles. The summed E-state index contributed by atoms with van der Waals surface area (Å²) in [6.45, 7) is 2.04. The van der Waals surface area contributed by atoms with E-state index in [9.17, 15) is 0 Å². The van der Waals surface area contributed by atoms with E-state index in [1.807, 2.05) is 25.1 Å². The number of alkyl halides is 1. The molecule has 0 bridgehead atoms. The zero-order valence-electron chi connectivity index (χ0n) is 9.41. The first-order chi connectivity index (χ1) is 8.20. The molecule has 5 heteroatoms. The normalized spacial score (nSPS) is 10.8. The largest absolute Gasteiger partial charge is 0.339 e. The average Bonchev–Trinajstić information content (AvgIpc) is 2.79. The Morgan fingerprint density at radius 2 is 2.24 bits per heavy atom. The van der Waals surface area contributed by atoms with Crippen molar-refractivity contribution in [3.8, 4) is 11.4 Å². The summed E-state index contributed by atoms with van der Waals surface area (Å²) >= 11 is 9.11. The van der Waals surface area contributed by atoms with Crippen molar-refractivity contribution in [2.75, 3.05) is 5.88 Å². The molecular weight excluding hydrogens is 304 g/mol. The molecule has 0 unspecified atom stereocenters. The highest BCUT2D eigenvalue weighted by atomic mass is 79.9. The van der Waals surface area contributed by atoms with Gasteiger partial charge in [-0.25, -0.2) is 0 Å². The van der Waals surface area contributed by atoms with E-state index in [4.69, 9.17) is 16.1 Å². The second-order valence-corrected chi connectivity index (χ2v) is 5.00. The van der Waals surface area contributed by atoms with Crippen molar-refractivity contribution in [1.82, 2.24) is 10.1 Å². The molecule has 0 radical (unpaired) electrons. The molecule has 0 saturated carbocycles. The Morgan fingerprint density at radius 3 is 2.94 bits per heavy atom. The van der Waals surface area contributed by atoms with Crippen LogP contribution in [0.1, 0.15) is 17.9 Å². The number of hydrogen-bond acceptors (Lipinski definition) is 3. The Morgan fingerprint density at radius 1 is 1.41 bits per heavy atom. The topological polar surface area (TPSA) is 38.9 Å². The molecule has 0 spiro atoms. The molecule has 1 aromatic carbocycles. The molecule has 3 nitrogen and oxygen atoms in total. The molecule has 90 valence electrons. The van der Waals surface area contributed by atoms with E-state index in [1.54, 1.807) is 0 Å². The minimum absolute atomic E-state index is 0.605. The average molecular weight is 316 g/mol. The molecule has 0 N–H and O–H groups in total. The summed E-state index contributed by atoms with van der Waals surface area (Å²) in [5.74, 6) is 1.86. The predicted octanol–water partition coefficient (Wildman–Crippen LogP) is 3.98. The van der Waals surface area contributed by atoms with Crippen LogP contribution in [0.4, 0.5) is 0 Å². The summed E-state index contributed by atoms with van der Waals surface area (Å²) in [6, 6.07) is 6.00. The summed E-state index contributed by atoms with van der Waals surface area (Å²) < 4.78 is 6.20. The van der Waals surface area contributed by atoms with E-state index in [-0.39, 0.29) is 0 Å². The highest BCUT2D eigenvalue weighted by Gasteiger charge is 2.09. The fourth-order valence-corrected chi connectivity index (χ4v) is 1.94. The molecule has 0 aliphatic heterocycles. The first-order valence-electron chi connectivity index (χ1n) is 5.36. The van der Waals surface area contributed by atoms with E-state index >= 15 is 0 Å². The fourth-order valence-electron chi connectivity index (χ4n) is 1.42. The zero-order chi connectivity index (χ0) is 12.3. The van der Waals surface area contributed by atoms with Crippen molar-refractivity contribution in [3.63, 3.8) is 0 Å². The van der Waals surface area contributed by atoms with Gasteiger partial charge in [-0.15, -0.1) is 11.6 Å². The smallest absolute Gasteiger partial charge is 0.227 e. The lowest BCUT2D eigenvalue weighted by atomic mass is 10.1. The number of aromatic nitrogens is 2. The van der Waals surface area contributed by atoms with Crippen molar-refractivity contribution >= 4 is 27.5 Å². The molecule has 0 amide bonds. The first-order valence-corrected chi connectivity index (χ1v) is 6.68. The quantitative estimate of drug-likeness (QED) is 0.801. The van der Waals surface area contributed by atoms with E-state index in [2.05, 4.69) is 26.1 Å². The molecule has 0 atom stereocenters. The maximum atomic E-state index is 5.62. The highest BCUT2D eigenvalue weighted by Crippen LogP contribution is 2.23. The van der Waals surface area contributed by atoms with Crippen LogP contribution in [-0.2, 0) is 6.42 Å². The van der Waals surface area contributed by atoms with Crippen LogP contribution in [-0.4, -0.2) is 16.0 Å². The summed E-state index contributed by atoms with van der Waals surface area (Å²) in [6.07, 6.45) is 1.57. The molecule has 2 aromatic rings. The van der Waals surface area contributed by atoms with Crippen LogP contribution in [0.3, 0.4) is 0 Å². The monoisotopic (exact) mass is 314 g/mol. The number of benzene rings is 1. The van der Waals surface area contributed by atoms with Gasteiger partial charge in [0.2, 0.25) is 11.7 Å². The Labute approximate surface area is 113 Å². The number of halogens is 2. The van der Waals surface area contributed by atoms with Gasteiger partial charge < -0.3 is 4.52 Å². The van der Waals surface area contributed by atoms with Gasteiger partial charge in [-0.2, -0.15) is 4.98 Å². The van der Waals surface area contributed by atoms with Crippen LogP contribution < -0.4 is 0 Å². The fraction of sp³-hybridized carbons (Fsp3) is 0.333. The van der Waals surface area contributed by atoms with Gasteiger partial charge in [0.1, 0.15) is 0 Å². The molecular formula is C12H12BrClN2O. The molecule has 0 saturated heterocycles. The minimum atomic E-state index is 0.605. The molecule has 17 heavy (non-hydrogen) atoms. The molecule has 0 aliphatic rings. The maximum Gasteiger partial charge on any atom is 0.227 e. The third kappa shape index (κ3) is 3.07. The third-order valence-corrected chi connectivity index (χ3v) is 3.54. The van der Waals surface area contributed by atoms with Gasteiger partial charge in [-0.1, -0.05) is 33.2 Å². The zero-order valence-corrected chi connectivity index (χ0v) is 11.8. The van der Waals surface area contributed by atoms with E-state index in [0.717, 1.165) is 22.9 Å². The summed E-state index contributed by atoms with van der Waals surface area (Å²) in [7, 11) is 0. The second kappa shape index (κ2) is 5.65. The van der Waals surface area contributed by atoms with Crippen molar-refractivity contribution in [2.24, 2.45) is 0 Å². The SMILES string of the molecule is Cc1ccc(-c2noc(CCCCl)n2)cc1Br. The van der Waals surface area contributed by atoms with Crippen LogP contribution in [0, 0.1) is 6.92 Å². The van der Waals surface area contributed by atoms with Gasteiger partial charge >= 0.3 is 0 Å². The maximum absolute atomic E-state index is 5.62. The van der Waals surface area contributed by atoms with Crippen molar-refractivity contribution in [1.29, 1.82) is 0 Å². The van der Waals surface area contributed by atoms with Crippen molar-refractivity contribution < 1.29 is 4.52 Å². The minimum Gasteiger partial charge on any atom is -0.339 e. The van der Waals surface area contributed by atoms with Gasteiger partial charge in [-0.3, -0.25) is 0 Å². The van der Waals surface area contributed by atoms with E-state index in [0.29, 0.717) is 17.6 Å². The highest BCUT2D eigenvalue weighted by molar-refractivity contribution is 9.10. The van der Waals surface area contributed by atoms with Gasteiger partial charge in [-0.05, 0) is 25.0 Å². The van der Waals surface area contributed by atoms with Crippen molar-refractivity contribution in [2.45, 2.75) is 19.8 Å². The summed E-state index contributed by atoms with van der Waals surface area (Å²) in [5, 5.41) is 3.96. The summed E-state index contributed by atoms with van der Waals surface area (Å²) in [5.41, 5.74) is 2.13. The lowest BCUT2D eigenvalue weighted by Crippen LogP contribution is -1.87. The van der Waals surface area contributed by atoms with Crippen molar-refractivity contribution in [3.05, 3.63) is 34.1 Å². The van der Waals surface area contributed by atoms with Crippen LogP contribution in [0.25, 0.3) is 11.4 Å². The molecule has 1 heterocycles. The predicted molar refractivity (Wildman–Crippen MR) is 71.2 cm³/mol.